The summed E-state index contributed by atoms with van der Waals surface area (Å²) in [7, 11) is 0. The highest BCUT2D eigenvalue weighted by Gasteiger charge is 2.14. The van der Waals surface area contributed by atoms with Gasteiger partial charge in [-0.1, -0.05) is 36.4 Å². The number of carbonyl (C=O) groups is 1. The Morgan fingerprint density at radius 1 is 1.28 bits per heavy atom. The van der Waals surface area contributed by atoms with Crippen molar-refractivity contribution in [1.29, 1.82) is 0 Å². The van der Waals surface area contributed by atoms with Crippen LogP contribution in [-0.2, 0) is 11.2 Å². The van der Waals surface area contributed by atoms with Crippen molar-refractivity contribution in [2.75, 3.05) is 12.4 Å². The van der Waals surface area contributed by atoms with Crippen molar-refractivity contribution < 1.29 is 14.8 Å². The fourth-order valence-electron chi connectivity index (χ4n) is 2.03. The van der Waals surface area contributed by atoms with Gasteiger partial charge in [0.05, 0.1) is 29.1 Å². The molecule has 0 spiro atoms. The summed E-state index contributed by atoms with van der Waals surface area (Å²) in [6, 6.07) is 13.9. The number of nitro benzene ring substituents is 1. The molecule has 25 heavy (non-hydrogen) atoms. The first-order valence-electron chi connectivity index (χ1n) is 7.48. The van der Waals surface area contributed by atoms with Gasteiger partial charge < -0.3 is 5.11 Å². The second kappa shape index (κ2) is 9.55. The minimum atomic E-state index is -0.481. The van der Waals surface area contributed by atoms with Crippen LogP contribution < -0.4 is 5.43 Å². The molecule has 0 atom stereocenters. The third-order valence-corrected chi connectivity index (χ3v) is 4.18. The van der Waals surface area contributed by atoms with E-state index in [9.17, 15) is 14.9 Å². The molecule has 1 amide bonds. The van der Waals surface area contributed by atoms with Crippen molar-refractivity contribution in [2.24, 2.45) is 5.10 Å². The Labute approximate surface area is 148 Å². The van der Waals surface area contributed by atoms with Gasteiger partial charge in [-0.2, -0.15) is 5.10 Å². The number of hydrogen-bond acceptors (Lipinski definition) is 6. The number of nitro groups is 1. The van der Waals surface area contributed by atoms with Gasteiger partial charge >= 0.3 is 0 Å². The maximum Gasteiger partial charge on any atom is 0.283 e. The fraction of sp³-hybridized carbons (Fsp3) is 0.176. The molecule has 2 aromatic rings. The lowest BCUT2D eigenvalue weighted by Crippen LogP contribution is -2.19. The lowest BCUT2D eigenvalue weighted by Gasteiger charge is -2.03. The van der Waals surface area contributed by atoms with Crippen LogP contribution in [0.5, 0.6) is 0 Å². The molecule has 0 aromatic heterocycles. The molecule has 0 saturated heterocycles. The number of rotatable bonds is 8. The first-order valence-corrected chi connectivity index (χ1v) is 8.46. The van der Waals surface area contributed by atoms with Crippen LogP contribution in [0.15, 0.2) is 58.5 Å². The van der Waals surface area contributed by atoms with Crippen molar-refractivity contribution in [1.82, 2.24) is 5.43 Å². The zero-order chi connectivity index (χ0) is 18.1. The number of amides is 1. The zero-order valence-corrected chi connectivity index (χ0v) is 14.1. The molecule has 130 valence electrons. The van der Waals surface area contributed by atoms with Gasteiger partial charge in [0, 0.05) is 17.4 Å². The van der Waals surface area contributed by atoms with Crippen molar-refractivity contribution in [3.63, 3.8) is 0 Å². The minimum absolute atomic E-state index is 0.0571. The first-order chi connectivity index (χ1) is 12.1. The monoisotopic (exact) mass is 359 g/mol. The summed E-state index contributed by atoms with van der Waals surface area (Å²) in [4.78, 5) is 22.9. The van der Waals surface area contributed by atoms with Crippen LogP contribution in [0, 0.1) is 10.1 Å². The third-order valence-electron chi connectivity index (χ3n) is 3.14. The lowest BCUT2D eigenvalue weighted by atomic mass is 10.1. The second-order valence-corrected chi connectivity index (χ2v) is 6.15. The van der Waals surface area contributed by atoms with Gasteiger partial charge in [0.1, 0.15) is 0 Å². The summed E-state index contributed by atoms with van der Waals surface area (Å²) < 4.78 is 0. The molecule has 0 aliphatic rings. The van der Waals surface area contributed by atoms with Gasteiger partial charge in [0.15, 0.2) is 0 Å². The van der Waals surface area contributed by atoms with Crippen LogP contribution in [0.25, 0.3) is 0 Å². The van der Waals surface area contributed by atoms with Crippen LogP contribution in [0.3, 0.4) is 0 Å². The largest absolute Gasteiger partial charge is 0.396 e. The number of aliphatic hydroxyl groups is 1. The van der Waals surface area contributed by atoms with Gasteiger partial charge in [-0.05, 0) is 11.6 Å². The molecule has 2 N–H and O–H groups in total. The van der Waals surface area contributed by atoms with E-state index in [1.54, 1.807) is 12.1 Å². The fourth-order valence-corrected chi connectivity index (χ4v) is 2.79. The number of thioether (sulfide) groups is 1. The second-order valence-electron chi connectivity index (χ2n) is 5.01. The highest BCUT2D eigenvalue weighted by molar-refractivity contribution is 7.99. The van der Waals surface area contributed by atoms with Crippen molar-refractivity contribution >= 4 is 29.6 Å². The SMILES string of the molecule is O=C(Cc1ccccc1)N/N=C\c1ccc(SCCO)c([N+](=O)[O-])c1. The standard InChI is InChI=1S/C17H17N3O4S/c21-8-9-25-16-7-6-14(10-15(16)20(23)24)12-18-19-17(22)11-13-4-2-1-3-5-13/h1-7,10,12,21H,8-9,11H2,(H,19,22)/b18-12-. The van der Waals surface area contributed by atoms with Crippen molar-refractivity contribution in [2.45, 2.75) is 11.3 Å². The van der Waals surface area contributed by atoms with E-state index in [-0.39, 0.29) is 24.6 Å². The Balaban J connectivity index is 1.99. The predicted octanol–water partition coefficient (Wildman–Crippen LogP) is 2.37. The number of aliphatic hydroxyl groups excluding tert-OH is 1. The molecule has 0 aliphatic heterocycles. The van der Waals surface area contributed by atoms with E-state index in [4.69, 9.17) is 5.11 Å². The Morgan fingerprint density at radius 2 is 2.04 bits per heavy atom. The van der Waals surface area contributed by atoms with Crippen LogP contribution >= 0.6 is 11.8 Å². The van der Waals surface area contributed by atoms with E-state index in [0.717, 1.165) is 5.56 Å². The Kier molecular flexibility index (Phi) is 7.12. The molecule has 0 saturated carbocycles. The van der Waals surface area contributed by atoms with E-state index in [1.165, 1.54) is 24.0 Å². The van der Waals surface area contributed by atoms with Crippen molar-refractivity contribution in [3.8, 4) is 0 Å². The summed E-state index contributed by atoms with van der Waals surface area (Å²) in [6.07, 6.45) is 1.56. The molecule has 7 nitrogen and oxygen atoms in total. The first kappa shape index (κ1) is 18.6. The Bertz CT molecular complexity index is 766. The molecule has 2 aromatic carbocycles. The quantitative estimate of drug-likeness (QED) is 0.326. The number of benzene rings is 2. The number of nitrogens with one attached hydrogen (secondary N) is 1. The molecule has 2 rings (SSSR count). The Hall–Kier alpha value is -2.71. The van der Waals surface area contributed by atoms with Gasteiger partial charge in [-0.25, -0.2) is 5.43 Å². The summed E-state index contributed by atoms with van der Waals surface area (Å²) in [5.74, 6) is 0.108. The highest BCUT2D eigenvalue weighted by atomic mass is 32.2. The van der Waals surface area contributed by atoms with E-state index >= 15 is 0 Å². The van der Waals surface area contributed by atoms with E-state index < -0.39 is 4.92 Å². The molecule has 0 fully saturated rings. The van der Waals surface area contributed by atoms with E-state index in [2.05, 4.69) is 10.5 Å². The molecule has 8 heteroatoms. The van der Waals surface area contributed by atoms with Gasteiger partial charge in [-0.15, -0.1) is 11.8 Å². The minimum Gasteiger partial charge on any atom is -0.396 e. The molecule has 0 unspecified atom stereocenters. The molecule has 0 bridgehead atoms. The average Bonchev–Trinajstić information content (AvgIpc) is 2.61. The molecule has 0 radical (unpaired) electrons. The summed E-state index contributed by atoms with van der Waals surface area (Å²) in [5.41, 5.74) is 3.71. The maximum atomic E-state index is 11.8. The van der Waals surface area contributed by atoms with E-state index in [0.29, 0.717) is 16.2 Å². The smallest absolute Gasteiger partial charge is 0.283 e. The highest BCUT2D eigenvalue weighted by Crippen LogP contribution is 2.29. The predicted molar refractivity (Wildman–Crippen MR) is 96.8 cm³/mol. The number of carbonyl (C=O) groups excluding carboxylic acids is 1. The van der Waals surface area contributed by atoms with E-state index in [1.807, 2.05) is 30.3 Å². The normalized spacial score (nSPS) is 10.8. The van der Waals surface area contributed by atoms with Gasteiger partial charge in [0.2, 0.25) is 5.91 Å². The zero-order valence-electron chi connectivity index (χ0n) is 13.3. The molecule has 0 aliphatic carbocycles. The van der Waals surface area contributed by atoms with Crippen LogP contribution in [0.4, 0.5) is 5.69 Å². The number of hydrogen-bond donors (Lipinski definition) is 2. The van der Waals surface area contributed by atoms with Gasteiger partial charge in [-0.3, -0.25) is 14.9 Å². The summed E-state index contributed by atoms with van der Waals surface area (Å²) in [6.45, 7) is -0.0571. The van der Waals surface area contributed by atoms with Crippen LogP contribution in [0.1, 0.15) is 11.1 Å². The summed E-state index contributed by atoms with van der Waals surface area (Å²) in [5, 5.41) is 23.8. The third kappa shape index (κ3) is 6.02. The number of nitrogens with zero attached hydrogens (tertiary/aromatic N) is 2. The van der Waals surface area contributed by atoms with Crippen LogP contribution in [-0.4, -0.2) is 34.5 Å². The molecular weight excluding hydrogens is 342 g/mol. The average molecular weight is 359 g/mol. The van der Waals surface area contributed by atoms with Crippen LogP contribution in [0.2, 0.25) is 0 Å². The summed E-state index contributed by atoms with van der Waals surface area (Å²) >= 11 is 1.21. The topological polar surface area (TPSA) is 105 Å². The maximum absolute atomic E-state index is 11.8. The molecule has 0 heterocycles. The number of hydrazone groups is 1. The molecular formula is C17H17N3O4S. The Morgan fingerprint density at radius 3 is 2.72 bits per heavy atom. The van der Waals surface area contributed by atoms with Gasteiger partial charge in [0.25, 0.3) is 5.69 Å². The van der Waals surface area contributed by atoms with Crippen molar-refractivity contribution in [3.05, 3.63) is 69.8 Å². The lowest BCUT2D eigenvalue weighted by molar-refractivity contribution is -0.387.